The number of hydrogen-bond donors (Lipinski definition) is 0. The van der Waals surface area contributed by atoms with Crippen LogP contribution in [0.5, 0.6) is 0 Å². The molecule has 1 aromatic rings. The van der Waals surface area contributed by atoms with Crippen molar-refractivity contribution in [1.82, 2.24) is 4.98 Å². The first-order chi connectivity index (χ1) is 7.60. The summed E-state index contributed by atoms with van der Waals surface area (Å²) in [4.78, 5) is 4.38. The van der Waals surface area contributed by atoms with Gasteiger partial charge in [0.2, 0.25) is 0 Å². The molecule has 0 saturated heterocycles. The van der Waals surface area contributed by atoms with Crippen LogP contribution in [0.15, 0.2) is 6.20 Å². The van der Waals surface area contributed by atoms with Crippen molar-refractivity contribution < 1.29 is 13.2 Å². The van der Waals surface area contributed by atoms with Gasteiger partial charge >= 0.3 is 6.18 Å². The third-order valence-electron chi connectivity index (χ3n) is 2.38. The second-order valence-electron chi connectivity index (χ2n) is 5.00. The van der Waals surface area contributed by atoms with Gasteiger partial charge in [-0.2, -0.15) is 13.2 Å². The second kappa shape index (κ2) is 5.26. The molecule has 0 spiro atoms. The lowest BCUT2D eigenvalue weighted by molar-refractivity contribution is -0.137. The number of nitrogens with zero attached hydrogens (tertiary/aromatic N) is 1. The van der Waals surface area contributed by atoms with Gasteiger partial charge in [0.25, 0.3) is 0 Å². The van der Waals surface area contributed by atoms with Gasteiger partial charge in [-0.1, -0.05) is 36.7 Å². The molecule has 0 saturated carbocycles. The summed E-state index contributed by atoms with van der Waals surface area (Å²) in [5.41, 5.74) is 0.109. The van der Waals surface area contributed by atoms with Crippen molar-refractivity contribution in [1.29, 1.82) is 0 Å². The smallest absolute Gasteiger partial charge is 0.240 e. The van der Waals surface area contributed by atoms with Crippen LogP contribution in [-0.2, 0) is 12.6 Å². The van der Waals surface area contributed by atoms with E-state index < -0.39 is 11.2 Å². The van der Waals surface area contributed by atoms with Crippen LogP contribution < -0.4 is 0 Å². The Balaban J connectivity index is 2.57. The Labute approximate surface area is 112 Å². The number of aryl methyl sites for hydroxylation is 1. The van der Waals surface area contributed by atoms with E-state index in [4.69, 9.17) is 0 Å². The molecule has 0 fully saturated rings. The van der Waals surface area contributed by atoms with Crippen molar-refractivity contribution >= 4 is 27.3 Å². The minimum atomic E-state index is -4.32. The molecule has 6 heteroatoms. The molecule has 1 aromatic heterocycles. The molecule has 98 valence electrons. The van der Waals surface area contributed by atoms with E-state index in [1.165, 1.54) is 6.20 Å². The fourth-order valence-electron chi connectivity index (χ4n) is 1.26. The summed E-state index contributed by atoms with van der Waals surface area (Å²) in [6.07, 6.45) is -1.56. The fourth-order valence-corrected chi connectivity index (χ4v) is 2.28. The van der Waals surface area contributed by atoms with Crippen molar-refractivity contribution in [3.63, 3.8) is 0 Å². The van der Waals surface area contributed by atoms with Crippen molar-refractivity contribution in [3.05, 3.63) is 16.1 Å². The zero-order valence-electron chi connectivity index (χ0n) is 9.94. The zero-order chi connectivity index (χ0) is 13.3. The minimum absolute atomic E-state index is 0.109. The van der Waals surface area contributed by atoms with Gasteiger partial charge in [0.1, 0.15) is 0 Å². The number of rotatable bonds is 3. The molecular weight excluding hydrogens is 315 g/mol. The monoisotopic (exact) mass is 329 g/mol. The summed E-state index contributed by atoms with van der Waals surface area (Å²) in [5.74, 6) is 0. The average molecular weight is 330 g/mol. The van der Waals surface area contributed by atoms with Gasteiger partial charge in [0, 0.05) is 15.9 Å². The highest BCUT2D eigenvalue weighted by Gasteiger charge is 2.34. The van der Waals surface area contributed by atoms with E-state index >= 15 is 0 Å². The molecule has 1 unspecified atom stereocenters. The Morgan fingerprint density at radius 1 is 1.35 bits per heavy atom. The molecule has 1 nitrogen and oxygen atoms in total. The maximum atomic E-state index is 12.3. The van der Waals surface area contributed by atoms with Crippen molar-refractivity contribution in [2.24, 2.45) is 5.41 Å². The van der Waals surface area contributed by atoms with Gasteiger partial charge in [-0.05, 0) is 18.3 Å². The summed E-state index contributed by atoms with van der Waals surface area (Å²) in [6, 6.07) is 0. The number of alkyl halides is 4. The van der Waals surface area contributed by atoms with Crippen LogP contribution in [0.25, 0.3) is 0 Å². The highest BCUT2D eigenvalue weighted by atomic mass is 79.9. The molecule has 0 amide bonds. The van der Waals surface area contributed by atoms with E-state index in [9.17, 15) is 13.2 Å². The lowest BCUT2D eigenvalue weighted by Gasteiger charge is -2.25. The van der Waals surface area contributed by atoms with Crippen LogP contribution in [0.3, 0.4) is 0 Å². The molecule has 17 heavy (non-hydrogen) atoms. The Bertz CT molecular complexity index is 368. The molecule has 0 N–H and O–H groups in total. The van der Waals surface area contributed by atoms with Gasteiger partial charge in [-0.25, -0.2) is 4.98 Å². The van der Waals surface area contributed by atoms with Crippen LogP contribution in [0, 0.1) is 5.41 Å². The molecule has 0 aliphatic carbocycles. The SMILES string of the molecule is CC(C)(C)C(Br)CCc1cnc(C(F)(F)F)s1. The molecule has 0 aliphatic heterocycles. The lowest BCUT2D eigenvalue weighted by Crippen LogP contribution is -2.20. The topological polar surface area (TPSA) is 12.9 Å². The summed E-state index contributed by atoms with van der Waals surface area (Å²) in [5, 5.41) is -0.755. The predicted molar refractivity (Wildman–Crippen MR) is 67.6 cm³/mol. The number of hydrogen-bond acceptors (Lipinski definition) is 2. The molecule has 1 rings (SSSR count). The quantitative estimate of drug-likeness (QED) is 0.718. The fraction of sp³-hybridized carbons (Fsp3) is 0.727. The number of thiazole rings is 1. The molecule has 1 heterocycles. The maximum absolute atomic E-state index is 12.3. The standard InChI is InChI=1S/C11H15BrF3NS/c1-10(2,3)8(12)5-4-7-6-16-9(17-7)11(13,14)15/h6,8H,4-5H2,1-3H3. The molecule has 0 bridgehead atoms. The summed E-state index contributed by atoms with van der Waals surface area (Å²) >= 11 is 4.30. The highest BCUT2D eigenvalue weighted by molar-refractivity contribution is 9.09. The summed E-state index contributed by atoms with van der Waals surface area (Å²) < 4.78 is 37.0. The van der Waals surface area contributed by atoms with Crippen LogP contribution in [0.1, 0.15) is 37.1 Å². The first kappa shape index (κ1) is 15.0. The lowest BCUT2D eigenvalue weighted by atomic mass is 9.89. The predicted octanol–water partition coefficient (Wildman–Crippen LogP) is 4.90. The molecule has 0 aliphatic rings. The van der Waals surface area contributed by atoms with Crippen molar-refractivity contribution in [3.8, 4) is 0 Å². The second-order valence-corrected chi connectivity index (χ2v) is 7.22. The largest absolute Gasteiger partial charge is 0.443 e. The van der Waals surface area contributed by atoms with Gasteiger partial charge in [0.15, 0.2) is 5.01 Å². The Kier molecular flexibility index (Phi) is 4.63. The van der Waals surface area contributed by atoms with E-state index in [-0.39, 0.29) is 10.2 Å². The third kappa shape index (κ3) is 4.58. The summed E-state index contributed by atoms with van der Waals surface area (Å²) in [7, 11) is 0. The summed E-state index contributed by atoms with van der Waals surface area (Å²) in [6.45, 7) is 6.29. The van der Waals surface area contributed by atoms with Gasteiger partial charge < -0.3 is 0 Å². The van der Waals surface area contributed by atoms with Crippen LogP contribution >= 0.6 is 27.3 Å². The normalized spacial score (nSPS) is 15.0. The first-order valence-corrected chi connectivity index (χ1v) is 7.00. The van der Waals surface area contributed by atoms with E-state index in [1.807, 2.05) is 0 Å². The molecular formula is C11H15BrF3NS. The van der Waals surface area contributed by atoms with Crippen LogP contribution in [-0.4, -0.2) is 9.81 Å². The van der Waals surface area contributed by atoms with E-state index in [2.05, 4.69) is 41.7 Å². The van der Waals surface area contributed by atoms with Gasteiger partial charge in [-0.15, -0.1) is 11.3 Å². The van der Waals surface area contributed by atoms with Crippen molar-refractivity contribution in [2.45, 2.75) is 44.6 Å². The Hall–Kier alpha value is -0.100. The highest BCUT2D eigenvalue weighted by Crippen LogP contribution is 2.34. The zero-order valence-corrected chi connectivity index (χ0v) is 12.3. The molecule has 1 atom stereocenters. The first-order valence-electron chi connectivity index (χ1n) is 5.26. The minimum Gasteiger partial charge on any atom is -0.240 e. The Morgan fingerprint density at radius 2 is 1.94 bits per heavy atom. The van der Waals surface area contributed by atoms with E-state index in [1.54, 1.807) is 0 Å². The van der Waals surface area contributed by atoms with Gasteiger partial charge in [-0.3, -0.25) is 0 Å². The number of halogens is 4. The van der Waals surface area contributed by atoms with Crippen LogP contribution in [0.2, 0.25) is 0 Å². The van der Waals surface area contributed by atoms with E-state index in [0.29, 0.717) is 11.3 Å². The average Bonchev–Trinajstić information content (AvgIpc) is 2.59. The van der Waals surface area contributed by atoms with Crippen molar-refractivity contribution in [2.75, 3.05) is 0 Å². The van der Waals surface area contributed by atoms with E-state index in [0.717, 1.165) is 17.8 Å². The third-order valence-corrected chi connectivity index (χ3v) is 5.31. The van der Waals surface area contributed by atoms with Crippen LogP contribution in [0.4, 0.5) is 13.2 Å². The maximum Gasteiger partial charge on any atom is 0.443 e. The number of aromatic nitrogens is 1. The molecule has 0 aromatic carbocycles. The van der Waals surface area contributed by atoms with Gasteiger partial charge in [0.05, 0.1) is 0 Å². The molecule has 0 radical (unpaired) electrons. The Morgan fingerprint density at radius 3 is 2.35 bits per heavy atom.